The van der Waals surface area contributed by atoms with Crippen LogP contribution in [0.25, 0.3) is 11.3 Å². The van der Waals surface area contributed by atoms with Gasteiger partial charge in [-0.25, -0.2) is 9.37 Å². The average Bonchev–Trinajstić information content (AvgIpc) is 2.73. The Morgan fingerprint density at radius 1 is 1.39 bits per heavy atom. The molecule has 3 nitrogen and oxygen atoms in total. The van der Waals surface area contributed by atoms with Gasteiger partial charge in [0, 0.05) is 23.7 Å². The number of nitrogens with zero attached hydrogens (tertiary/aromatic N) is 1. The van der Waals surface area contributed by atoms with Crippen LogP contribution >= 0.6 is 0 Å². The van der Waals surface area contributed by atoms with Crippen LogP contribution in [0.4, 0.5) is 4.39 Å². The summed E-state index contributed by atoms with van der Waals surface area (Å²) in [6.45, 7) is 4.51. The molecule has 0 aliphatic heterocycles. The molecule has 2 aromatic rings. The highest BCUT2D eigenvalue weighted by Gasteiger charge is 2.16. The molecule has 1 unspecified atom stereocenters. The molecule has 0 aliphatic carbocycles. The van der Waals surface area contributed by atoms with Crippen molar-refractivity contribution in [2.24, 2.45) is 5.73 Å². The number of aromatic nitrogens is 2. The van der Waals surface area contributed by atoms with Gasteiger partial charge >= 0.3 is 0 Å². The van der Waals surface area contributed by atoms with E-state index in [1.165, 1.54) is 6.07 Å². The van der Waals surface area contributed by atoms with Crippen molar-refractivity contribution in [3.05, 3.63) is 41.6 Å². The molecule has 1 aromatic carbocycles. The minimum atomic E-state index is -0.251. The Kier molecular flexibility index (Phi) is 3.77. The number of hydrogen-bond donors (Lipinski definition) is 2. The standard InChI is InChI=1S/C14H18FN3/c1-3-10(8-16)14-17-9(2)13(18-14)11-6-4-5-7-12(11)15/h4-7,10H,3,8,16H2,1-2H3,(H,17,18). The summed E-state index contributed by atoms with van der Waals surface area (Å²) in [6.07, 6.45) is 0.917. The minimum Gasteiger partial charge on any atom is -0.345 e. The topological polar surface area (TPSA) is 54.7 Å². The SMILES string of the molecule is CCC(CN)c1nc(-c2ccccc2F)c(C)[nH]1. The molecule has 0 radical (unpaired) electrons. The van der Waals surface area contributed by atoms with Crippen LogP contribution in [0.2, 0.25) is 0 Å². The maximum Gasteiger partial charge on any atom is 0.132 e. The highest BCUT2D eigenvalue weighted by Crippen LogP contribution is 2.26. The second-order valence-electron chi connectivity index (χ2n) is 4.42. The third kappa shape index (κ3) is 2.29. The van der Waals surface area contributed by atoms with E-state index in [9.17, 15) is 4.39 Å². The number of nitrogens with one attached hydrogen (secondary N) is 1. The van der Waals surface area contributed by atoms with E-state index in [0.717, 1.165) is 17.9 Å². The van der Waals surface area contributed by atoms with E-state index in [4.69, 9.17) is 5.73 Å². The van der Waals surface area contributed by atoms with Crippen LogP contribution in [0.3, 0.4) is 0 Å². The van der Waals surface area contributed by atoms with E-state index in [2.05, 4.69) is 16.9 Å². The van der Waals surface area contributed by atoms with Crippen LogP contribution in [0.1, 0.15) is 30.8 Å². The van der Waals surface area contributed by atoms with E-state index in [1.54, 1.807) is 12.1 Å². The summed E-state index contributed by atoms with van der Waals surface area (Å²) in [4.78, 5) is 7.72. The normalized spacial score (nSPS) is 12.7. The predicted molar refractivity (Wildman–Crippen MR) is 70.8 cm³/mol. The van der Waals surface area contributed by atoms with Gasteiger partial charge in [0.25, 0.3) is 0 Å². The van der Waals surface area contributed by atoms with Crippen LogP contribution in [-0.2, 0) is 0 Å². The van der Waals surface area contributed by atoms with Crippen LogP contribution in [0, 0.1) is 12.7 Å². The smallest absolute Gasteiger partial charge is 0.132 e. The van der Waals surface area contributed by atoms with Crippen molar-refractivity contribution in [2.75, 3.05) is 6.54 Å². The average molecular weight is 247 g/mol. The first-order valence-corrected chi connectivity index (χ1v) is 6.18. The van der Waals surface area contributed by atoms with Gasteiger partial charge in [-0.3, -0.25) is 0 Å². The number of nitrogens with two attached hydrogens (primary N) is 1. The fraction of sp³-hybridized carbons (Fsp3) is 0.357. The Morgan fingerprint density at radius 2 is 2.11 bits per heavy atom. The lowest BCUT2D eigenvalue weighted by Gasteiger charge is -2.07. The highest BCUT2D eigenvalue weighted by molar-refractivity contribution is 5.62. The molecule has 4 heteroatoms. The van der Waals surface area contributed by atoms with Gasteiger partial charge in [-0.1, -0.05) is 19.1 Å². The molecule has 0 amide bonds. The van der Waals surface area contributed by atoms with Crippen LogP contribution < -0.4 is 5.73 Å². The van der Waals surface area contributed by atoms with Crippen molar-refractivity contribution in [3.63, 3.8) is 0 Å². The Labute approximate surface area is 106 Å². The zero-order valence-electron chi connectivity index (χ0n) is 10.7. The molecular formula is C14H18FN3. The summed E-state index contributed by atoms with van der Waals surface area (Å²) < 4.78 is 13.8. The van der Waals surface area contributed by atoms with Crippen LogP contribution in [-0.4, -0.2) is 16.5 Å². The third-order valence-corrected chi connectivity index (χ3v) is 3.20. The molecule has 1 heterocycles. The maximum absolute atomic E-state index is 13.8. The second kappa shape index (κ2) is 5.31. The van der Waals surface area contributed by atoms with E-state index >= 15 is 0 Å². The zero-order chi connectivity index (χ0) is 13.1. The molecule has 96 valence electrons. The van der Waals surface area contributed by atoms with Gasteiger partial charge in [0.05, 0.1) is 5.69 Å². The Hall–Kier alpha value is -1.68. The second-order valence-corrected chi connectivity index (χ2v) is 4.42. The van der Waals surface area contributed by atoms with Crippen LogP contribution in [0.15, 0.2) is 24.3 Å². The van der Waals surface area contributed by atoms with Gasteiger partial charge in [-0.15, -0.1) is 0 Å². The van der Waals surface area contributed by atoms with Gasteiger partial charge in [-0.05, 0) is 25.5 Å². The maximum atomic E-state index is 13.8. The molecule has 0 bridgehead atoms. The number of imidazole rings is 1. The van der Waals surface area contributed by atoms with Crippen molar-refractivity contribution in [2.45, 2.75) is 26.2 Å². The predicted octanol–water partition coefficient (Wildman–Crippen LogP) is 2.98. The fourth-order valence-corrected chi connectivity index (χ4v) is 2.06. The lowest BCUT2D eigenvalue weighted by Crippen LogP contribution is -2.12. The van der Waals surface area contributed by atoms with Crippen molar-refractivity contribution in [3.8, 4) is 11.3 Å². The molecule has 2 rings (SSSR count). The van der Waals surface area contributed by atoms with Crippen molar-refractivity contribution in [1.82, 2.24) is 9.97 Å². The van der Waals surface area contributed by atoms with Crippen molar-refractivity contribution >= 4 is 0 Å². The first kappa shape index (κ1) is 12.8. The summed E-state index contributed by atoms with van der Waals surface area (Å²) in [7, 11) is 0. The third-order valence-electron chi connectivity index (χ3n) is 3.20. The number of hydrogen-bond acceptors (Lipinski definition) is 2. The number of aromatic amines is 1. The Morgan fingerprint density at radius 3 is 2.72 bits per heavy atom. The number of H-pyrrole nitrogens is 1. The van der Waals surface area contributed by atoms with E-state index < -0.39 is 0 Å². The summed E-state index contributed by atoms with van der Waals surface area (Å²) in [6, 6.07) is 6.68. The summed E-state index contributed by atoms with van der Waals surface area (Å²) >= 11 is 0. The van der Waals surface area contributed by atoms with Gasteiger partial charge in [0.2, 0.25) is 0 Å². The Bertz CT molecular complexity index is 530. The van der Waals surface area contributed by atoms with E-state index in [0.29, 0.717) is 17.8 Å². The van der Waals surface area contributed by atoms with E-state index in [1.807, 2.05) is 13.0 Å². The number of rotatable bonds is 4. The van der Waals surface area contributed by atoms with Crippen molar-refractivity contribution < 1.29 is 4.39 Å². The summed E-state index contributed by atoms with van der Waals surface area (Å²) in [5.41, 5.74) is 7.79. The molecule has 0 spiro atoms. The van der Waals surface area contributed by atoms with Crippen molar-refractivity contribution in [1.29, 1.82) is 0 Å². The molecule has 18 heavy (non-hydrogen) atoms. The Balaban J connectivity index is 2.44. The van der Waals surface area contributed by atoms with Crippen LogP contribution in [0.5, 0.6) is 0 Å². The first-order valence-electron chi connectivity index (χ1n) is 6.18. The lowest BCUT2D eigenvalue weighted by atomic mass is 10.1. The quantitative estimate of drug-likeness (QED) is 0.872. The molecule has 1 aromatic heterocycles. The number of benzene rings is 1. The lowest BCUT2D eigenvalue weighted by molar-refractivity contribution is 0.629. The van der Waals surface area contributed by atoms with Gasteiger partial charge in [0.15, 0.2) is 0 Å². The number of halogens is 1. The first-order chi connectivity index (χ1) is 8.67. The van der Waals surface area contributed by atoms with Gasteiger partial charge < -0.3 is 10.7 Å². The zero-order valence-corrected chi connectivity index (χ0v) is 10.7. The summed E-state index contributed by atoms with van der Waals surface area (Å²) in [5.74, 6) is 0.791. The molecular weight excluding hydrogens is 229 g/mol. The molecule has 0 saturated carbocycles. The molecule has 0 saturated heterocycles. The van der Waals surface area contributed by atoms with Gasteiger partial charge in [0.1, 0.15) is 11.6 Å². The largest absolute Gasteiger partial charge is 0.345 e. The molecule has 0 aliphatic rings. The fourth-order valence-electron chi connectivity index (χ4n) is 2.06. The minimum absolute atomic E-state index is 0.198. The van der Waals surface area contributed by atoms with E-state index in [-0.39, 0.29) is 11.7 Å². The molecule has 0 fully saturated rings. The highest BCUT2D eigenvalue weighted by atomic mass is 19.1. The molecule has 3 N–H and O–H groups in total. The molecule has 1 atom stereocenters. The number of aryl methyl sites for hydroxylation is 1. The van der Waals surface area contributed by atoms with Gasteiger partial charge in [-0.2, -0.15) is 0 Å². The monoisotopic (exact) mass is 247 g/mol. The summed E-state index contributed by atoms with van der Waals surface area (Å²) in [5, 5.41) is 0.